The minimum absolute atomic E-state index is 0.167. The van der Waals surface area contributed by atoms with Crippen LogP contribution in [-0.2, 0) is 0 Å². The molecule has 1 N–H and O–H groups in total. The average Bonchev–Trinajstić information content (AvgIpc) is 2.77. The molecule has 2 aromatic heterocycles. The molecule has 5 heteroatoms. The highest BCUT2D eigenvalue weighted by molar-refractivity contribution is 7.11. The number of rotatable bonds is 2. The second-order valence-electron chi connectivity index (χ2n) is 2.02. The maximum Gasteiger partial charge on any atom is 0.209 e. The molecule has 0 fully saturated rings. The third-order valence-corrected chi connectivity index (χ3v) is 2.83. The minimum Gasteiger partial charge on any atom is -0.373 e. The van der Waals surface area contributed by atoms with Crippen molar-refractivity contribution in [2.45, 2.75) is 0 Å². The van der Waals surface area contributed by atoms with Crippen LogP contribution in [0.4, 0.5) is 0 Å². The van der Waals surface area contributed by atoms with Gasteiger partial charge in [-0.3, -0.25) is 0 Å². The first-order valence-corrected chi connectivity index (χ1v) is 4.99. The van der Waals surface area contributed by atoms with E-state index in [1.165, 1.54) is 22.7 Å². The molecular weight excluding hydrogens is 192 g/mol. The first kappa shape index (κ1) is 7.85. The molecule has 0 saturated heterocycles. The molecule has 12 heavy (non-hydrogen) atoms. The molecule has 61 valence electrons. The number of nitrogens with zero attached hydrogens (tertiary/aromatic N) is 2. The van der Waals surface area contributed by atoms with Crippen LogP contribution in [0, 0.1) is 6.10 Å². The summed E-state index contributed by atoms with van der Waals surface area (Å²) in [6.45, 7) is 0. The van der Waals surface area contributed by atoms with E-state index in [2.05, 4.69) is 9.97 Å². The lowest BCUT2D eigenvalue weighted by Gasteiger charge is -1.99. The molecule has 0 amide bonds. The highest BCUT2D eigenvalue weighted by atomic mass is 32.1. The van der Waals surface area contributed by atoms with Gasteiger partial charge in [0.15, 0.2) is 0 Å². The molecule has 1 radical (unpaired) electrons. The maximum atomic E-state index is 9.58. The first-order valence-electron chi connectivity index (χ1n) is 3.23. The molecule has 2 rings (SSSR count). The van der Waals surface area contributed by atoms with Crippen molar-refractivity contribution in [1.82, 2.24) is 9.97 Å². The van der Waals surface area contributed by atoms with Crippen LogP contribution in [0.15, 0.2) is 23.2 Å². The van der Waals surface area contributed by atoms with E-state index in [-0.39, 0.29) is 6.10 Å². The van der Waals surface area contributed by atoms with E-state index in [0.29, 0.717) is 10.0 Å². The summed E-state index contributed by atoms with van der Waals surface area (Å²) in [4.78, 5) is 7.94. The molecule has 0 saturated carbocycles. The van der Waals surface area contributed by atoms with E-state index >= 15 is 0 Å². The maximum absolute atomic E-state index is 9.58. The molecule has 0 aliphatic heterocycles. The fourth-order valence-electron chi connectivity index (χ4n) is 0.772. The minimum atomic E-state index is 0.167. The highest BCUT2D eigenvalue weighted by Crippen LogP contribution is 2.23. The summed E-state index contributed by atoms with van der Waals surface area (Å²) in [5, 5.41) is 14.5. The van der Waals surface area contributed by atoms with Crippen LogP contribution in [0.5, 0.6) is 0 Å². The molecule has 0 atom stereocenters. The van der Waals surface area contributed by atoms with Crippen molar-refractivity contribution >= 4 is 22.7 Å². The van der Waals surface area contributed by atoms with Crippen molar-refractivity contribution in [1.29, 1.82) is 0 Å². The van der Waals surface area contributed by atoms with E-state index in [0.717, 1.165) is 0 Å². The monoisotopic (exact) mass is 197 g/mol. The highest BCUT2D eigenvalue weighted by Gasteiger charge is 2.16. The summed E-state index contributed by atoms with van der Waals surface area (Å²) in [6, 6.07) is 0. The Kier molecular flexibility index (Phi) is 2.16. The Morgan fingerprint density at radius 1 is 1.08 bits per heavy atom. The number of aromatic nitrogens is 2. The molecule has 0 aromatic carbocycles. The fourth-order valence-corrected chi connectivity index (χ4v) is 2.00. The summed E-state index contributed by atoms with van der Waals surface area (Å²) >= 11 is 2.80. The van der Waals surface area contributed by atoms with E-state index in [1.807, 2.05) is 10.8 Å². The normalized spacial score (nSPS) is 10.8. The Bertz CT molecular complexity index is 296. The van der Waals surface area contributed by atoms with Gasteiger partial charge in [-0.1, -0.05) is 0 Å². The summed E-state index contributed by atoms with van der Waals surface area (Å²) in [5.41, 5.74) is 0. The van der Waals surface area contributed by atoms with Gasteiger partial charge in [-0.05, 0) is 0 Å². The summed E-state index contributed by atoms with van der Waals surface area (Å²) in [6.07, 6.45) is 3.48. The lowest BCUT2D eigenvalue weighted by atomic mass is 10.4. The third-order valence-electron chi connectivity index (χ3n) is 1.27. The average molecular weight is 197 g/mol. The molecule has 2 heterocycles. The standard InChI is InChI=1S/C7H5N2OS2/c10-5(6-8-1-3-11-6)7-9-2-4-12-7/h1-4,10H. The van der Waals surface area contributed by atoms with Gasteiger partial charge in [0.05, 0.1) is 0 Å². The third kappa shape index (κ3) is 1.38. The van der Waals surface area contributed by atoms with E-state index in [1.54, 1.807) is 12.4 Å². The van der Waals surface area contributed by atoms with Gasteiger partial charge in [-0.25, -0.2) is 9.97 Å². The molecular formula is C7H5N2OS2. The van der Waals surface area contributed by atoms with Crippen molar-refractivity contribution in [2.75, 3.05) is 0 Å². The van der Waals surface area contributed by atoms with Crippen LogP contribution in [0.1, 0.15) is 10.0 Å². The van der Waals surface area contributed by atoms with Crippen molar-refractivity contribution in [3.8, 4) is 0 Å². The number of aliphatic hydroxyl groups is 1. The molecule has 0 spiro atoms. The second kappa shape index (κ2) is 3.30. The Morgan fingerprint density at radius 3 is 1.92 bits per heavy atom. The number of thiazole rings is 2. The Morgan fingerprint density at radius 2 is 1.58 bits per heavy atom. The molecule has 0 aliphatic carbocycles. The quantitative estimate of drug-likeness (QED) is 0.799. The molecule has 0 bridgehead atoms. The second-order valence-corrected chi connectivity index (χ2v) is 3.81. The Balaban J connectivity index is 2.27. The molecule has 0 unspecified atom stereocenters. The lowest BCUT2D eigenvalue weighted by molar-refractivity contribution is 0.355. The predicted octanol–water partition coefficient (Wildman–Crippen LogP) is 1.90. The van der Waals surface area contributed by atoms with Crippen molar-refractivity contribution < 1.29 is 5.11 Å². The van der Waals surface area contributed by atoms with Gasteiger partial charge in [0.2, 0.25) is 6.10 Å². The largest absolute Gasteiger partial charge is 0.373 e. The van der Waals surface area contributed by atoms with Crippen LogP contribution in [-0.4, -0.2) is 15.1 Å². The van der Waals surface area contributed by atoms with Gasteiger partial charge in [-0.2, -0.15) is 0 Å². The van der Waals surface area contributed by atoms with Crippen molar-refractivity contribution in [2.24, 2.45) is 0 Å². The van der Waals surface area contributed by atoms with Crippen LogP contribution in [0.25, 0.3) is 0 Å². The summed E-state index contributed by atoms with van der Waals surface area (Å²) < 4.78 is 0. The Hall–Kier alpha value is -0.780. The first-order chi connectivity index (χ1) is 5.88. The zero-order valence-electron chi connectivity index (χ0n) is 5.97. The van der Waals surface area contributed by atoms with Gasteiger partial charge in [0, 0.05) is 23.2 Å². The fraction of sp³-hybridized carbons (Fsp3) is 0. The zero-order chi connectivity index (χ0) is 8.39. The zero-order valence-corrected chi connectivity index (χ0v) is 7.60. The summed E-state index contributed by atoms with van der Waals surface area (Å²) in [5.74, 6) is 0. The van der Waals surface area contributed by atoms with Gasteiger partial charge in [-0.15, -0.1) is 22.7 Å². The smallest absolute Gasteiger partial charge is 0.209 e. The van der Waals surface area contributed by atoms with E-state index < -0.39 is 0 Å². The molecule has 3 nitrogen and oxygen atoms in total. The van der Waals surface area contributed by atoms with Crippen LogP contribution < -0.4 is 0 Å². The number of aliphatic hydroxyl groups excluding tert-OH is 1. The van der Waals surface area contributed by atoms with Gasteiger partial charge in [0.25, 0.3) is 0 Å². The van der Waals surface area contributed by atoms with E-state index in [9.17, 15) is 5.11 Å². The molecule has 2 aromatic rings. The van der Waals surface area contributed by atoms with Crippen LogP contribution in [0.3, 0.4) is 0 Å². The van der Waals surface area contributed by atoms with Gasteiger partial charge in [0.1, 0.15) is 10.0 Å². The van der Waals surface area contributed by atoms with E-state index in [4.69, 9.17) is 0 Å². The number of hydrogen-bond acceptors (Lipinski definition) is 5. The predicted molar refractivity (Wildman–Crippen MR) is 47.6 cm³/mol. The SMILES string of the molecule is O[C](c1nccs1)c1nccs1. The molecule has 0 aliphatic rings. The topological polar surface area (TPSA) is 46.0 Å². The van der Waals surface area contributed by atoms with Crippen LogP contribution >= 0.6 is 22.7 Å². The lowest BCUT2D eigenvalue weighted by Crippen LogP contribution is -1.98. The van der Waals surface area contributed by atoms with Crippen LogP contribution in [0.2, 0.25) is 0 Å². The van der Waals surface area contributed by atoms with Crippen molar-refractivity contribution in [3.05, 3.63) is 39.3 Å². The summed E-state index contributed by atoms with van der Waals surface area (Å²) in [7, 11) is 0. The van der Waals surface area contributed by atoms with Crippen molar-refractivity contribution in [3.63, 3.8) is 0 Å². The number of hydrogen-bond donors (Lipinski definition) is 1. The van der Waals surface area contributed by atoms with Gasteiger partial charge < -0.3 is 5.11 Å². The van der Waals surface area contributed by atoms with Gasteiger partial charge >= 0.3 is 0 Å². The Labute approximate surface area is 77.4 Å².